The average molecular weight is 316 g/mol. The van der Waals surface area contributed by atoms with Gasteiger partial charge in [0, 0.05) is 31.0 Å². The Bertz CT molecular complexity index is 717. The fourth-order valence-corrected chi connectivity index (χ4v) is 2.90. The van der Waals surface area contributed by atoms with E-state index in [1.54, 1.807) is 18.5 Å². The Hall–Kier alpha value is -1.84. The number of nitrogens with zero attached hydrogens (tertiary/aromatic N) is 2. The first-order valence-electron chi connectivity index (χ1n) is 6.09. The zero-order chi connectivity index (χ0) is 15.5. The molecule has 0 saturated carbocycles. The lowest BCUT2D eigenvalue weighted by Crippen LogP contribution is -2.28. The van der Waals surface area contributed by atoms with Gasteiger partial charge in [0.15, 0.2) is 5.82 Å². The molecule has 1 aromatic heterocycles. The Morgan fingerprint density at radius 1 is 1.33 bits per heavy atom. The monoisotopic (exact) mass is 316 g/mol. The summed E-state index contributed by atoms with van der Waals surface area (Å²) in [5.41, 5.74) is 4.77. The Labute approximate surface area is 120 Å². The minimum Gasteiger partial charge on any atom is -0.326 e. The van der Waals surface area contributed by atoms with Gasteiger partial charge in [0.05, 0.1) is 6.54 Å². The molecular weight excluding hydrogens is 302 g/mol. The molecule has 114 valence electrons. The van der Waals surface area contributed by atoms with Crippen LogP contribution in [0.1, 0.15) is 5.56 Å². The highest BCUT2D eigenvalue weighted by atomic mass is 32.2. The van der Waals surface area contributed by atoms with Crippen LogP contribution in [0.15, 0.2) is 35.5 Å². The molecule has 3 N–H and O–H groups in total. The van der Waals surface area contributed by atoms with E-state index < -0.39 is 38.7 Å². The van der Waals surface area contributed by atoms with Crippen LogP contribution in [0.3, 0.4) is 0 Å². The maximum absolute atomic E-state index is 14.0. The highest BCUT2D eigenvalue weighted by Gasteiger charge is 2.22. The number of aromatic nitrogens is 2. The Morgan fingerprint density at radius 2 is 2.10 bits per heavy atom. The molecular formula is C12H14F2N4O2S. The summed E-state index contributed by atoms with van der Waals surface area (Å²) >= 11 is 0. The normalized spacial score (nSPS) is 11.8. The largest absolute Gasteiger partial charge is 0.326 e. The van der Waals surface area contributed by atoms with Gasteiger partial charge in [0.25, 0.3) is 0 Å². The lowest BCUT2D eigenvalue weighted by molar-refractivity contribution is 0.522. The summed E-state index contributed by atoms with van der Waals surface area (Å²) in [6, 6.07) is 3.45. The van der Waals surface area contributed by atoms with Gasteiger partial charge in [0.2, 0.25) is 10.0 Å². The molecule has 0 aliphatic carbocycles. The number of benzene rings is 1. The van der Waals surface area contributed by atoms with Crippen LogP contribution in [0.25, 0.3) is 0 Å². The molecule has 0 aliphatic rings. The third kappa shape index (κ3) is 3.43. The van der Waals surface area contributed by atoms with E-state index in [0.717, 1.165) is 12.1 Å². The van der Waals surface area contributed by atoms with Crippen LogP contribution in [-0.2, 0) is 23.1 Å². The standard InChI is InChI=1S/C12H14F2N4O2S/c13-10-2-3-11(12(14)9(10)8-15)21(19,20)17-5-7-18-6-1-4-16-18/h1-4,6,17H,5,7-8,15H2. The summed E-state index contributed by atoms with van der Waals surface area (Å²) in [6.45, 7) is -0.105. The van der Waals surface area contributed by atoms with E-state index in [9.17, 15) is 17.2 Å². The molecule has 9 heteroatoms. The Kier molecular flexibility index (Phi) is 4.66. The van der Waals surface area contributed by atoms with E-state index in [2.05, 4.69) is 9.82 Å². The van der Waals surface area contributed by atoms with Crippen molar-refractivity contribution in [2.24, 2.45) is 5.73 Å². The molecule has 0 aliphatic heterocycles. The van der Waals surface area contributed by atoms with E-state index in [1.807, 2.05) is 0 Å². The molecule has 0 bridgehead atoms. The Morgan fingerprint density at radius 3 is 2.71 bits per heavy atom. The topological polar surface area (TPSA) is 90.0 Å². The van der Waals surface area contributed by atoms with Gasteiger partial charge in [-0.05, 0) is 18.2 Å². The number of nitrogens with one attached hydrogen (secondary N) is 1. The molecule has 0 atom stereocenters. The second kappa shape index (κ2) is 6.29. The molecule has 0 spiro atoms. The maximum atomic E-state index is 14.0. The van der Waals surface area contributed by atoms with Crippen molar-refractivity contribution in [2.45, 2.75) is 18.0 Å². The SMILES string of the molecule is NCc1c(F)ccc(S(=O)(=O)NCCn2cccn2)c1F. The molecule has 0 amide bonds. The van der Waals surface area contributed by atoms with Crippen molar-refractivity contribution in [2.75, 3.05) is 6.54 Å². The van der Waals surface area contributed by atoms with Crippen molar-refractivity contribution >= 4 is 10.0 Å². The molecule has 2 aromatic rings. The first-order valence-corrected chi connectivity index (χ1v) is 7.58. The van der Waals surface area contributed by atoms with Gasteiger partial charge in [-0.3, -0.25) is 4.68 Å². The van der Waals surface area contributed by atoms with Crippen molar-refractivity contribution in [3.63, 3.8) is 0 Å². The second-order valence-electron chi connectivity index (χ2n) is 4.21. The van der Waals surface area contributed by atoms with E-state index in [1.165, 1.54) is 4.68 Å². The molecule has 0 unspecified atom stereocenters. The summed E-state index contributed by atoms with van der Waals surface area (Å²) < 4.78 is 55.1. The Balaban J connectivity index is 2.16. The van der Waals surface area contributed by atoms with E-state index in [-0.39, 0.29) is 6.54 Å². The van der Waals surface area contributed by atoms with Crippen LogP contribution >= 0.6 is 0 Å². The molecule has 1 aromatic carbocycles. The summed E-state index contributed by atoms with van der Waals surface area (Å²) in [7, 11) is -4.08. The number of hydrogen-bond donors (Lipinski definition) is 2. The van der Waals surface area contributed by atoms with E-state index >= 15 is 0 Å². The quantitative estimate of drug-likeness (QED) is 0.816. The lowest BCUT2D eigenvalue weighted by Gasteiger charge is -2.10. The number of rotatable bonds is 6. The average Bonchev–Trinajstić information content (AvgIpc) is 2.92. The second-order valence-corrected chi connectivity index (χ2v) is 5.94. The van der Waals surface area contributed by atoms with Gasteiger partial charge in [-0.25, -0.2) is 21.9 Å². The molecule has 0 saturated heterocycles. The van der Waals surface area contributed by atoms with Crippen LogP contribution < -0.4 is 10.5 Å². The zero-order valence-corrected chi connectivity index (χ0v) is 11.8. The smallest absolute Gasteiger partial charge is 0.243 e. The highest BCUT2D eigenvalue weighted by Crippen LogP contribution is 2.20. The lowest BCUT2D eigenvalue weighted by atomic mass is 10.2. The number of hydrogen-bond acceptors (Lipinski definition) is 4. The minimum atomic E-state index is -4.08. The highest BCUT2D eigenvalue weighted by molar-refractivity contribution is 7.89. The zero-order valence-electron chi connectivity index (χ0n) is 11.0. The van der Waals surface area contributed by atoms with Gasteiger partial charge in [-0.2, -0.15) is 5.10 Å². The van der Waals surface area contributed by atoms with Crippen molar-refractivity contribution in [1.29, 1.82) is 0 Å². The van der Waals surface area contributed by atoms with Crippen LogP contribution in [0.2, 0.25) is 0 Å². The van der Waals surface area contributed by atoms with Gasteiger partial charge in [-0.15, -0.1) is 0 Å². The molecule has 0 fully saturated rings. The summed E-state index contributed by atoms with van der Waals surface area (Å²) in [5, 5.41) is 3.91. The van der Waals surface area contributed by atoms with Gasteiger partial charge >= 0.3 is 0 Å². The molecule has 2 rings (SSSR count). The van der Waals surface area contributed by atoms with Crippen molar-refractivity contribution < 1.29 is 17.2 Å². The van der Waals surface area contributed by atoms with Crippen LogP contribution in [-0.4, -0.2) is 24.7 Å². The molecule has 6 nitrogen and oxygen atoms in total. The van der Waals surface area contributed by atoms with Crippen LogP contribution in [0.4, 0.5) is 8.78 Å². The van der Waals surface area contributed by atoms with Crippen molar-refractivity contribution in [3.8, 4) is 0 Å². The first-order chi connectivity index (χ1) is 9.95. The summed E-state index contributed by atoms with van der Waals surface area (Å²) in [5.74, 6) is -2.03. The van der Waals surface area contributed by atoms with Crippen molar-refractivity contribution in [1.82, 2.24) is 14.5 Å². The van der Waals surface area contributed by atoms with Gasteiger partial charge < -0.3 is 5.73 Å². The van der Waals surface area contributed by atoms with E-state index in [4.69, 9.17) is 5.73 Å². The van der Waals surface area contributed by atoms with Gasteiger partial charge in [-0.1, -0.05) is 0 Å². The summed E-state index contributed by atoms with van der Waals surface area (Å²) in [6.07, 6.45) is 3.22. The predicted molar refractivity (Wildman–Crippen MR) is 71.7 cm³/mol. The molecule has 21 heavy (non-hydrogen) atoms. The van der Waals surface area contributed by atoms with Crippen LogP contribution in [0.5, 0.6) is 0 Å². The number of sulfonamides is 1. The minimum absolute atomic E-state index is 0.0266. The molecule has 1 heterocycles. The molecule has 0 radical (unpaired) electrons. The maximum Gasteiger partial charge on any atom is 0.243 e. The third-order valence-electron chi connectivity index (χ3n) is 2.84. The predicted octanol–water partition coefficient (Wildman–Crippen LogP) is 0.598. The van der Waals surface area contributed by atoms with E-state index in [0.29, 0.717) is 6.54 Å². The van der Waals surface area contributed by atoms with Crippen LogP contribution in [0, 0.1) is 11.6 Å². The third-order valence-corrected chi connectivity index (χ3v) is 4.31. The van der Waals surface area contributed by atoms with Crippen molar-refractivity contribution in [3.05, 3.63) is 47.8 Å². The first kappa shape index (κ1) is 15.5. The fourth-order valence-electron chi connectivity index (χ4n) is 1.78. The fraction of sp³-hybridized carbons (Fsp3) is 0.250. The van der Waals surface area contributed by atoms with Gasteiger partial charge in [0.1, 0.15) is 10.7 Å². The number of halogens is 2. The number of nitrogens with two attached hydrogens (primary N) is 1. The summed E-state index contributed by atoms with van der Waals surface area (Å²) in [4.78, 5) is -0.621.